The molecule has 0 spiro atoms. The van der Waals surface area contributed by atoms with Gasteiger partial charge in [-0.3, -0.25) is 0 Å². The lowest BCUT2D eigenvalue weighted by atomic mass is 9.84. The zero-order valence-electron chi connectivity index (χ0n) is 15.5. The maximum Gasteiger partial charge on any atom is 0.192 e. The van der Waals surface area contributed by atoms with Crippen molar-refractivity contribution in [2.24, 2.45) is 17.8 Å². The van der Waals surface area contributed by atoms with Crippen molar-refractivity contribution in [1.29, 1.82) is 0 Å². The first-order chi connectivity index (χ1) is 9.39. The Labute approximate surface area is 133 Å². The summed E-state index contributed by atoms with van der Waals surface area (Å²) >= 11 is 0. The highest BCUT2D eigenvalue weighted by atomic mass is 28.4. The maximum absolute atomic E-state index is 10.5. The largest absolute Gasteiger partial charge is 0.413 e. The SMILES string of the molecule is C#C[C@@H](C)[C@@H](O)[C@@H](C)[C@@H](O[Si](C)(C)C(C)(C)C)[C@@H](C)CC. The number of hydrogen-bond acceptors (Lipinski definition) is 2. The van der Waals surface area contributed by atoms with Crippen molar-refractivity contribution in [3.63, 3.8) is 0 Å². The summed E-state index contributed by atoms with van der Waals surface area (Å²) in [5.74, 6) is 2.97. The Morgan fingerprint density at radius 2 is 1.67 bits per heavy atom. The monoisotopic (exact) mass is 312 g/mol. The fourth-order valence-corrected chi connectivity index (χ4v) is 3.72. The van der Waals surface area contributed by atoms with E-state index in [0.29, 0.717) is 5.92 Å². The van der Waals surface area contributed by atoms with Gasteiger partial charge in [0.15, 0.2) is 8.32 Å². The minimum atomic E-state index is -1.86. The second kappa shape index (κ2) is 7.81. The molecule has 0 fully saturated rings. The molecule has 124 valence electrons. The maximum atomic E-state index is 10.5. The predicted molar refractivity (Wildman–Crippen MR) is 94.7 cm³/mol. The first-order valence-electron chi connectivity index (χ1n) is 8.21. The van der Waals surface area contributed by atoms with Crippen LogP contribution in [-0.2, 0) is 4.43 Å². The average Bonchev–Trinajstić information content (AvgIpc) is 2.40. The molecule has 0 aliphatic carbocycles. The van der Waals surface area contributed by atoms with Crippen molar-refractivity contribution in [2.45, 2.75) is 85.2 Å². The smallest absolute Gasteiger partial charge is 0.192 e. The topological polar surface area (TPSA) is 29.5 Å². The molecule has 0 aromatic heterocycles. The number of terminal acetylenes is 1. The summed E-state index contributed by atoms with van der Waals surface area (Å²) in [5, 5.41) is 10.7. The highest BCUT2D eigenvalue weighted by Gasteiger charge is 2.42. The molecule has 0 aliphatic heterocycles. The van der Waals surface area contributed by atoms with Crippen LogP contribution in [0.5, 0.6) is 0 Å². The van der Waals surface area contributed by atoms with Crippen molar-refractivity contribution < 1.29 is 9.53 Å². The van der Waals surface area contributed by atoms with E-state index in [2.05, 4.69) is 60.6 Å². The van der Waals surface area contributed by atoms with E-state index in [1.807, 2.05) is 6.92 Å². The van der Waals surface area contributed by atoms with Gasteiger partial charge >= 0.3 is 0 Å². The molecule has 0 aliphatic rings. The van der Waals surface area contributed by atoms with Crippen LogP contribution in [0.3, 0.4) is 0 Å². The first-order valence-corrected chi connectivity index (χ1v) is 11.1. The molecule has 21 heavy (non-hydrogen) atoms. The molecule has 0 heterocycles. The second-order valence-electron chi connectivity index (χ2n) is 8.03. The third kappa shape index (κ3) is 5.43. The number of aliphatic hydroxyl groups is 1. The van der Waals surface area contributed by atoms with E-state index in [4.69, 9.17) is 10.8 Å². The van der Waals surface area contributed by atoms with Gasteiger partial charge in [-0.2, -0.15) is 0 Å². The molecule has 0 aromatic rings. The minimum absolute atomic E-state index is 0.0418. The highest BCUT2D eigenvalue weighted by Crippen LogP contribution is 2.40. The molecule has 2 nitrogen and oxygen atoms in total. The van der Waals surface area contributed by atoms with Crippen LogP contribution in [0, 0.1) is 30.1 Å². The molecule has 0 saturated carbocycles. The zero-order chi connectivity index (χ0) is 17.0. The molecule has 5 atom stereocenters. The second-order valence-corrected chi connectivity index (χ2v) is 12.8. The summed E-state index contributed by atoms with van der Waals surface area (Å²) in [7, 11) is -1.86. The molecule has 0 saturated heterocycles. The fraction of sp³-hybridized carbons (Fsp3) is 0.889. The van der Waals surface area contributed by atoms with Gasteiger partial charge in [0.2, 0.25) is 0 Å². The summed E-state index contributed by atoms with van der Waals surface area (Å²) in [5.41, 5.74) is 0. The van der Waals surface area contributed by atoms with E-state index in [-0.39, 0.29) is 23.0 Å². The van der Waals surface area contributed by atoms with Crippen molar-refractivity contribution in [2.75, 3.05) is 0 Å². The van der Waals surface area contributed by atoms with Gasteiger partial charge in [0, 0.05) is 11.8 Å². The van der Waals surface area contributed by atoms with Crippen LogP contribution < -0.4 is 0 Å². The van der Waals surface area contributed by atoms with Crippen LogP contribution in [0.15, 0.2) is 0 Å². The third-order valence-electron chi connectivity index (χ3n) is 5.27. The normalized spacial score (nSPS) is 20.2. The van der Waals surface area contributed by atoms with Gasteiger partial charge in [-0.1, -0.05) is 48.0 Å². The fourth-order valence-electron chi connectivity index (χ4n) is 2.24. The summed E-state index contributed by atoms with van der Waals surface area (Å²) in [6, 6.07) is 0. The van der Waals surface area contributed by atoms with Gasteiger partial charge in [-0.05, 0) is 31.0 Å². The Bertz CT molecular complexity index is 351. The average molecular weight is 313 g/mol. The predicted octanol–water partition coefficient (Wildman–Crippen LogP) is 4.69. The van der Waals surface area contributed by atoms with Crippen molar-refractivity contribution >= 4 is 8.32 Å². The summed E-state index contributed by atoms with van der Waals surface area (Å²) < 4.78 is 6.64. The molecule has 0 radical (unpaired) electrons. The van der Waals surface area contributed by atoms with Crippen LogP contribution in [0.25, 0.3) is 0 Å². The molecule has 0 unspecified atom stereocenters. The quantitative estimate of drug-likeness (QED) is 0.546. The number of rotatable bonds is 7. The Hall–Kier alpha value is -0.303. The molecule has 0 rings (SSSR count). The molecule has 0 amide bonds. The number of aliphatic hydroxyl groups excluding tert-OH is 1. The standard InChI is InChI=1S/C18H36O2Si/c1-11-13(3)16(19)15(5)17(14(4)12-2)20-21(9,10)18(6,7)8/h1,13-17,19H,12H2,2-10H3/t13-,14+,15-,16-,17+/m1/s1. The van der Waals surface area contributed by atoms with Gasteiger partial charge in [0.25, 0.3) is 0 Å². The molecule has 1 N–H and O–H groups in total. The summed E-state index contributed by atoms with van der Waals surface area (Å²) in [6.45, 7) is 19.6. The van der Waals surface area contributed by atoms with Crippen LogP contribution in [0.2, 0.25) is 18.1 Å². The summed E-state index contributed by atoms with van der Waals surface area (Å²) in [6.07, 6.45) is 6.06. The van der Waals surface area contributed by atoms with E-state index in [0.717, 1.165) is 6.42 Å². The zero-order valence-corrected chi connectivity index (χ0v) is 16.5. The minimum Gasteiger partial charge on any atom is -0.413 e. The Kier molecular flexibility index (Phi) is 7.69. The highest BCUT2D eigenvalue weighted by molar-refractivity contribution is 6.74. The van der Waals surface area contributed by atoms with Gasteiger partial charge < -0.3 is 9.53 Å². The van der Waals surface area contributed by atoms with E-state index in [1.165, 1.54) is 0 Å². The van der Waals surface area contributed by atoms with Gasteiger partial charge in [0.05, 0.1) is 12.2 Å². The van der Waals surface area contributed by atoms with Crippen molar-refractivity contribution in [3.8, 4) is 12.3 Å². The molecular weight excluding hydrogens is 276 g/mol. The molecule has 0 bridgehead atoms. The number of hydrogen-bond donors (Lipinski definition) is 1. The lowest BCUT2D eigenvalue weighted by molar-refractivity contribution is -0.0125. The van der Waals surface area contributed by atoms with E-state index in [1.54, 1.807) is 0 Å². The van der Waals surface area contributed by atoms with Gasteiger partial charge in [-0.15, -0.1) is 12.3 Å². The van der Waals surface area contributed by atoms with Crippen molar-refractivity contribution in [3.05, 3.63) is 0 Å². The molecular formula is C18H36O2Si. The van der Waals surface area contributed by atoms with Crippen LogP contribution in [0.4, 0.5) is 0 Å². The Balaban J connectivity index is 5.29. The Morgan fingerprint density at radius 3 is 2.00 bits per heavy atom. The Morgan fingerprint density at radius 1 is 1.19 bits per heavy atom. The summed E-state index contributed by atoms with van der Waals surface area (Å²) in [4.78, 5) is 0. The lowest BCUT2D eigenvalue weighted by Gasteiger charge is -2.44. The molecule has 0 aromatic carbocycles. The van der Waals surface area contributed by atoms with E-state index in [9.17, 15) is 5.11 Å². The van der Waals surface area contributed by atoms with E-state index >= 15 is 0 Å². The first kappa shape index (κ1) is 20.7. The van der Waals surface area contributed by atoms with Gasteiger partial charge in [0.1, 0.15) is 0 Å². The van der Waals surface area contributed by atoms with Crippen LogP contribution >= 0.6 is 0 Å². The van der Waals surface area contributed by atoms with Crippen LogP contribution in [-0.4, -0.2) is 25.6 Å². The lowest BCUT2D eigenvalue weighted by Crippen LogP contribution is -2.49. The third-order valence-corrected chi connectivity index (χ3v) is 9.75. The van der Waals surface area contributed by atoms with Gasteiger partial charge in [-0.25, -0.2) is 0 Å². The van der Waals surface area contributed by atoms with Crippen molar-refractivity contribution in [1.82, 2.24) is 0 Å². The van der Waals surface area contributed by atoms with Crippen LogP contribution in [0.1, 0.15) is 54.9 Å². The molecule has 3 heteroatoms. The van der Waals surface area contributed by atoms with E-state index < -0.39 is 14.4 Å².